The lowest BCUT2D eigenvalue weighted by Crippen LogP contribution is -2.46. The molecule has 0 aromatic heterocycles. The van der Waals surface area contributed by atoms with Crippen LogP contribution in [0.4, 0.5) is 4.79 Å². The molecule has 2 unspecified atom stereocenters. The number of allylic oxidation sites excluding steroid dienone is 1. The lowest BCUT2D eigenvalue weighted by atomic mass is 9.72. The summed E-state index contributed by atoms with van der Waals surface area (Å²) in [5.41, 5.74) is -1.17. The Labute approximate surface area is 212 Å². The van der Waals surface area contributed by atoms with E-state index in [1.807, 2.05) is 6.08 Å². The van der Waals surface area contributed by atoms with Crippen molar-refractivity contribution in [3.8, 4) is 24.0 Å². The maximum absolute atomic E-state index is 13.2. The van der Waals surface area contributed by atoms with Gasteiger partial charge in [0.05, 0.1) is 18.2 Å². The van der Waals surface area contributed by atoms with E-state index in [0.717, 1.165) is 0 Å². The molecule has 0 spiro atoms. The van der Waals surface area contributed by atoms with Crippen LogP contribution in [0.25, 0.3) is 0 Å². The number of amides is 1. The topological polar surface area (TPSA) is 130 Å². The number of fused-ring (bicyclic) bond motifs is 2. The minimum absolute atomic E-state index is 0.0368. The molecule has 1 fully saturated rings. The van der Waals surface area contributed by atoms with Gasteiger partial charge in [0.1, 0.15) is 12.2 Å². The van der Waals surface area contributed by atoms with Gasteiger partial charge < -0.3 is 14.2 Å². The van der Waals surface area contributed by atoms with Crippen molar-refractivity contribution in [2.75, 3.05) is 13.2 Å². The van der Waals surface area contributed by atoms with E-state index in [0.29, 0.717) is 24.0 Å². The molecule has 9 nitrogen and oxygen atoms in total. The molecule has 0 aromatic carbocycles. The molecule has 0 saturated carbocycles. The van der Waals surface area contributed by atoms with Gasteiger partial charge in [-0.2, -0.15) is 10.5 Å². The third-order valence-electron chi connectivity index (χ3n) is 6.12. The zero-order valence-electron chi connectivity index (χ0n) is 21.6. The summed E-state index contributed by atoms with van der Waals surface area (Å²) in [5.74, 6) is 4.15. The minimum Gasteiger partial charge on any atom is -0.461 e. The number of nitriles is 2. The highest BCUT2D eigenvalue weighted by molar-refractivity contribution is 5.70. The molecule has 2 bridgehead atoms. The number of esters is 2. The number of carbonyl (C=O) groups excluding carboxylic acids is 3. The summed E-state index contributed by atoms with van der Waals surface area (Å²) >= 11 is 0. The van der Waals surface area contributed by atoms with Gasteiger partial charge in [-0.15, -0.1) is 0 Å². The van der Waals surface area contributed by atoms with Crippen LogP contribution in [-0.4, -0.2) is 53.8 Å². The monoisotopic (exact) mass is 495 g/mol. The first-order valence-electron chi connectivity index (χ1n) is 11.8. The van der Waals surface area contributed by atoms with Crippen molar-refractivity contribution in [1.29, 1.82) is 10.5 Å². The smallest absolute Gasteiger partial charge is 0.411 e. The highest BCUT2D eigenvalue weighted by Crippen LogP contribution is 2.45. The number of rotatable bonds is 6. The molecule has 192 valence electrons. The van der Waals surface area contributed by atoms with Gasteiger partial charge >= 0.3 is 18.0 Å². The van der Waals surface area contributed by atoms with Gasteiger partial charge in [-0.3, -0.25) is 14.5 Å². The van der Waals surface area contributed by atoms with Gasteiger partial charge in [0.2, 0.25) is 0 Å². The van der Waals surface area contributed by atoms with Crippen molar-refractivity contribution in [1.82, 2.24) is 4.90 Å². The van der Waals surface area contributed by atoms with Crippen molar-refractivity contribution < 1.29 is 28.6 Å². The Kier molecular flexibility index (Phi) is 9.31. The van der Waals surface area contributed by atoms with E-state index < -0.39 is 29.0 Å². The number of hydrogen-bond acceptors (Lipinski definition) is 8. The molecule has 0 radical (unpaired) electrons. The predicted octanol–water partition coefficient (Wildman–Crippen LogP) is 3.81. The lowest BCUT2D eigenvalue weighted by molar-refractivity contribution is -0.140. The lowest BCUT2D eigenvalue weighted by Gasteiger charge is -2.35. The first kappa shape index (κ1) is 28.5. The molecule has 1 saturated heterocycles. The maximum atomic E-state index is 13.2. The molecule has 3 atom stereocenters. The second-order valence-electron chi connectivity index (χ2n) is 9.98. The van der Waals surface area contributed by atoms with E-state index in [9.17, 15) is 24.9 Å². The first-order valence-corrected chi connectivity index (χ1v) is 11.8. The van der Waals surface area contributed by atoms with Crippen molar-refractivity contribution in [3.05, 3.63) is 23.8 Å². The first-order chi connectivity index (χ1) is 16.8. The summed E-state index contributed by atoms with van der Waals surface area (Å²) < 4.78 is 15.7. The summed E-state index contributed by atoms with van der Waals surface area (Å²) in [6.07, 6.45) is 2.79. The predicted molar refractivity (Wildman–Crippen MR) is 130 cm³/mol. The largest absolute Gasteiger partial charge is 0.461 e. The van der Waals surface area contributed by atoms with E-state index in [2.05, 4.69) is 30.6 Å². The molecule has 2 aliphatic rings. The summed E-state index contributed by atoms with van der Waals surface area (Å²) in [6.45, 7) is 11.9. The van der Waals surface area contributed by atoms with Crippen LogP contribution in [0.2, 0.25) is 0 Å². The third kappa shape index (κ3) is 7.12. The van der Waals surface area contributed by atoms with E-state index >= 15 is 0 Å². The molecule has 0 aliphatic carbocycles. The van der Waals surface area contributed by atoms with Gasteiger partial charge in [0, 0.05) is 32.2 Å². The van der Waals surface area contributed by atoms with Crippen molar-refractivity contribution >= 4 is 18.0 Å². The van der Waals surface area contributed by atoms with Crippen LogP contribution in [0.5, 0.6) is 0 Å². The number of hydrogen-bond donors (Lipinski definition) is 0. The molecule has 36 heavy (non-hydrogen) atoms. The fraction of sp³-hybridized carbons (Fsp3) is 0.593. The summed E-state index contributed by atoms with van der Waals surface area (Å²) in [7, 11) is 0. The molecule has 2 aliphatic heterocycles. The van der Waals surface area contributed by atoms with Gasteiger partial charge in [0.15, 0.2) is 12.0 Å². The molecule has 0 aromatic rings. The van der Waals surface area contributed by atoms with Crippen LogP contribution in [0.15, 0.2) is 23.8 Å². The normalized spacial score (nSPS) is 20.9. The van der Waals surface area contributed by atoms with Crippen molar-refractivity contribution in [2.45, 2.75) is 78.0 Å². The Balaban J connectivity index is 2.48. The molecular weight excluding hydrogens is 462 g/mol. The van der Waals surface area contributed by atoms with Crippen LogP contribution < -0.4 is 0 Å². The average Bonchev–Trinajstić information content (AvgIpc) is 3.10. The zero-order chi connectivity index (χ0) is 27.1. The Morgan fingerprint density at radius 1 is 1.08 bits per heavy atom. The molecule has 1 amide bonds. The van der Waals surface area contributed by atoms with E-state index in [-0.39, 0.29) is 44.1 Å². The van der Waals surface area contributed by atoms with E-state index in [4.69, 9.17) is 14.2 Å². The summed E-state index contributed by atoms with van der Waals surface area (Å²) in [6, 6.07) is 3.58. The van der Waals surface area contributed by atoms with E-state index in [1.165, 1.54) is 13.8 Å². The summed E-state index contributed by atoms with van der Waals surface area (Å²) in [5, 5.41) is 20.2. The molecular formula is C27H33N3O6. The molecule has 2 heterocycles. The third-order valence-corrected chi connectivity index (χ3v) is 6.12. The minimum atomic E-state index is -1.58. The van der Waals surface area contributed by atoms with Crippen LogP contribution in [0.1, 0.15) is 60.3 Å². The second kappa shape index (κ2) is 11.8. The van der Waals surface area contributed by atoms with Gasteiger partial charge in [-0.25, -0.2) is 4.79 Å². The quantitative estimate of drug-likeness (QED) is 0.235. The number of nitrogens with zero attached hydrogens (tertiary/aromatic N) is 3. The number of carbonyl (C=O) groups is 3. The van der Waals surface area contributed by atoms with Crippen molar-refractivity contribution in [3.63, 3.8) is 0 Å². The molecule has 2 rings (SSSR count). The fourth-order valence-electron chi connectivity index (χ4n) is 4.46. The highest BCUT2D eigenvalue weighted by Gasteiger charge is 2.48. The van der Waals surface area contributed by atoms with Crippen LogP contribution in [0, 0.1) is 45.8 Å². The Morgan fingerprint density at radius 2 is 1.72 bits per heavy atom. The standard InChI is InChI=1S/C27H33N3O6/c1-18(15-35-20(3)32)23-14-21(27(16-28,17-29)11-7-8-12-34-19(2)31)13-22-9-10-24(23)30(22)25(33)36-26(4,5)6/h13,22-24H,1,9-12,14-15H2,2-6H3/t22-,23?,24?/m1/s1. The molecule has 0 N–H and O–H groups in total. The Morgan fingerprint density at radius 3 is 2.28 bits per heavy atom. The average molecular weight is 496 g/mol. The Hall–Kier alpha value is -3.77. The zero-order valence-corrected chi connectivity index (χ0v) is 21.6. The van der Waals surface area contributed by atoms with Crippen LogP contribution in [0.3, 0.4) is 0 Å². The SMILES string of the molecule is C=C(COC(C)=O)C1CC(C(C#N)(C#N)CC#CCOC(C)=O)=C[C@H]2CCC1N2C(=O)OC(C)(C)C. The molecule has 9 heteroatoms. The van der Waals surface area contributed by atoms with Crippen LogP contribution >= 0.6 is 0 Å². The van der Waals surface area contributed by atoms with Gasteiger partial charge in [-0.1, -0.05) is 24.5 Å². The Bertz CT molecular complexity index is 1060. The maximum Gasteiger partial charge on any atom is 0.411 e. The van der Waals surface area contributed by atoms with Crippen LogP contribution in [-0.2, 0) is 23.8 Å². The van der Waals surface area contributed by atoms with Gasteiger partial charge in [0.25, 0.3) is 0 Å². The number of ether oxygens (including phenoxy) is 3. The fourth-order valence-corrected chi connectivity index (χ4v) is 4.46. The highest BCUT2D eigenvalue weighted by atomic mass is 16.6. The van der Waals surface area contributed by atoms with E-state index in [1.54, 1.807) is 25.7 Å². The van der Waals surface area contributed by atoms with Gasteiger partial charge in [-0.05, 0) is 51.2 Å². The summed E-state index contributed by atoms with van der Waals surface area (Å²) in [4.78, 5) is 37.3. The second-order valence-corrected chi connectivity index (χ2v) is 9.98. The van der Waals surface area contributed by atoms with Crippen molar-refractivity contribution in [2.24, 2.45) is 11.3 Å².